The predicted molar refractivity (Wildman–Crippen MR) is 78.0 cm³/mol. The lowest BCUT2D eigenvalue weighted by Crippen LogP contribution is -2.35. The first-order valence-corrected chi connectivity index (χ1v) is 6.64. The number of anilines is 3. The van der Waals surface area contributed by atoms with Crippen molar-refractivity contribution in [1.82, 2.24) is 9.97 Å². The molecule has 2 N–H and O–H groups in total. The molecule has 1 saturated heterocycles. The quantitative estimate of drug-likeness (QED) is 0.657. The third-order valence-electron chi connectivity index (χ3n) is 3.42. The Hall–Kier alpha value is -2.12. The molecule has 0 aliphatic carbocycles. The number of nitrogens with two attached hydrogens (primary N) is 1. The van der Waals surface area contributed by atoms with Gasteiger partial charge in [0.25, 0.3) is 0 Å². The van der Waals surface area contributed by atoms with Crippen molar-refractivity contribution in [2.24, 2.45) is 5.92 Å². The molecular formula is C12H20N6O2. The van der Waals surface area contributed by atoms with Gasteiger partial charge in [-0.25, -0.2) is 0 Å². The van der Waals surface area contributed by atoms with E-state index < -0.39 is 4.92 Å². The molecule has 8 nitrogen and oxygen atoms in total. The van der Waals surface area contributed by atoms with Crippen molar-refractivity contribution in [2.75, 3.05) is 42.7 Å². The second-order valence-electron chi connectivity index (χ2n) is 5.43. The fourth-order valence-electron chi connectivity index (χ4n) is 2.43. The number of piperidine rings is 1. The lowest BCUT2D eigenvalue weighted by atomic mass is 10.0. The molecule has 0 amide bonds. The van der Waals surface area contributed by atoms with Crippen LogP contribution in [0.25, 0.3) is 0 Å². The molecule has 1 unspecified atom stereocenters. The second kappa shape index (κ2) is 5.48. The summed E-state index contributed by atoms with van der Waals surface area (Å²) in [6, 6.07) is 0. The Labute approximate surface area is 117 Å². The van der Waals surface area contributed by atoms with Gasteiger partial charge in [-0.15, -0.1) is 0 Å². The fraction of sp³-hybridized carbons (Fsp3) is 0.667. The highest BCUT2D eigenvalue weighted by molar-refractivity contribution is 5.71. The standard InChI is InChI=1S/C12H20N6O2/c1-8-5-4-6-17(7-8)11-9(18(19)20)10(13)14-12(15-11)16(2)3/h8H,4-7H2,1-3H3,(H2,13,14,15). The lowest BCUT2D eigenvalue weighted by molar-refractivity contribution is -0.383. The summed E-state index contributed by atoms with van der Waals surface area (Å²) in [5, 5.41) is 11.3. The van der Waals surface area contributed by atoms with E-state index in [1.807, 2.05) is 4.90 Å². The van der Waals surface area contributed by atoms with Crippen LogP contribution in [0, 0.1) is 16.0 Å². The molecular weight excluding hydrogens is 260 g/mol. The number of aromatic nitrogens is 2. The van der Waals surface area contributed by atoms with E-state index in [1.54, 1.807) is 19.0 Å². The van der Waals surface area contributed by atoms with Gasteiger partial charge in [-0.05, 0) is 18.8 Å². The second-order valence-corrected chi connectivity index (χ2v) is 5.43. The van der Waals surface area contributed by atoms with Crippen LogP contribution in [0.2, 0.25) is 0 Å². The first-order valence-electron chi connectivity index (χ1n) is 6.64. The van der Waals surface area contributed by atoms with Gasteiger partial charge in [-0.1, -0.05) is 6.92 Å². The van der Waals surface area contributed by atoms with Gasteiger partial charge in [-0.2, -0.15) is 9.97 Å². The fourth-order valence-corrected chi connectivity index (χ4v) is 2.43. The van der Waals surface area contributed by atoms with Crippen LogP contribution in [0.5, 0.6) is 0 Å². The van der Waals surface area contributed by atoms with Gasteiger partial charge in [0.2, 0.25) is 17.6 Å². The van der Waals surface area contributed by atoms with Gasteiger partial charge in [-0.3, -0.25) is 10.1 Å². The van der Waals surface area contributed by atoms with Crippen molar-refractivity contribution in [3.63, 3.8) is 0 Å². The Morgan fingerprint density at radius 1 is 1.45 bits per heavy atom. The van der Waals surface area contributed by atoms with Crippen LogP contribution in [0.3, 0.4) is 0 Å². The van der Waals surface area contributed by atoms with E-state index in [0.717, 1.165) is 25.9 Å². The van der Waals surface area contributed by atoms with Crippen molar-refractivity contribution < 1.29 is 4.92 Å². The van der Waals surface area contributed by atoms with Crippen molar-refractivity contribution in [1.29, 1.82) is 0 Å². The van der Waals surface area contributed by atoms with Gasteiger partial charge >= 0.3 is 5.69 Å². The molecule has 0 aromatic carbocycles. The van der Waals surface area contributed by atoms with Crippen LogP contribution in [-0.4, -0.2) is 42.1 Å². The maximum atomic E-state index is 11.3. The van der Waals surface area contributed by atoms with Crippen LogP contribution < -0.4 is 15.5 Å². The van der Waals surface area contributed by atoms with E-state index in [-0.39, 0.29) is 11.5 Å². The summed E-state index contributed by atoms with van der Waals surface area (Å²) < 4.78 is 0. The Balaban J connectivity index is 2.49. The molecule has 1 aromatic heterocycles. The summed E-state index contributed by atoms with van der Waals surface area (Å²) in [6.45, 7) is 3.65. The Bertz CT molecular complexity index is 519. The van der Waals surface area contributed by atoms with Crippen LogP contribution in [0.1, 0.15) is 19.8 Å². The maximum Gasteiger partial charge on any atom is 0.353 e. The number of nitro groups is 1. The molecule has 1 aromatic rings. The molecule has 1 aliphatic rings. The number of nitrogen functional groups attached to an aromatic ring is 1. The number of nitrogens with zero attached hydrogens (tertiary/aromatic N) is 5. The van der Waals surface area contributed by atoms with E-state index in [1.165, 1.54) is 0 Å². The number of hydrogen-bond donors (Lipinski definition) is 1. The molecule has 1 aliphatic heterocycles. The molecule has 0 bridgehead atoms. The minimum absolute atomic E-state index is 0.0815. The molecule has 0 spiro atoms. The van der Waals surface area contributed by atoms with E-state index in [9.17, 15) is 10.1 Å². The van der Waals surface area contributed by atoms with Crippen molar-refractivity contribution in [3.05, 3.63) is 10.1 Å². The Morgan fingerprint density at radius 2 is 2.15 bits per heavy atom. The van der Waals surface area contributed by atoms with Gasteiger partial charge < -0.3 is 15.5 Å². The summed E-state index contributed by atoms with van der Waals surface area (Å²) in [7, 11) is 3.56. The predicted octanol–water partition coefficient (Wildman–Crippen LogP) is 1.27. The van der Waals surface area contributed by atoms with Crippen LogP contribution in [0.15, 0.2) is 0 Å². The normalized spacial score (nSPS) is 18.9. The largest absolute Gasteiger partial charge is 0.378 e. The van der Waals surface area contributed by atoms with Crippen LogP contribution >= 0.6 is 0 Å². The van der Waals surface area contributed by atoms with Gasteiger partial charge in [0.15, 0.2) is 0 Å². The van der Waals surface area contributed by atoms with Gasteiger partial charge in [0.05, 0.1) is 4.92 Å². The summed E-state index contributed by atoms with van der Waals surface area (Å²) in [4.78, 5) is 22.7. The minimum atomic E-state index is -0.497. The number of rotatable bonds is 3. The van der Waals surface area contributed by atoms with Crippen molar-refractivity contribution in [3.8, 4) is 0 Å². The maximum absolute atomic E-state index is 11.3. The zero-order chi connectivity index (χ0) is 14.9. The van der Waals surface area contributed by atoms with Crippen molar-refractivity contribution >= 4 is 23.3 Å². The summed E-state index contributed by atoms with van der Waals surface area (Å²) >= 11 is 0. The highest BCUT2D eigenvalue weighted by atomic mass is 16.6. The highest BCUT2D eigenvalue weighted by Gasteiger charge is 2.29. The summed E-state index contributed by atoms with van der Waals surface area (Å²) in [5.74, 6) is 1.13. The average Bonchev–Trinajstić information content (AvgIpc) is 2.37. The summed E-state index contributed by atoms with van der Waals surface area (Å²) in [5.41, 5.74) is 5.57. The van der Waals surface area contributed by atoms with E-state index in [2.05, 4.69) is 16.9 Å². The lowest BCUT2D eigenvalue weighted by Gasteiger charge is -2.31. The zero-order valence-corrected chi connectivity index (χ0v) is 12.0. The molecule has 0 saturated carbocycles. The Morgan fingerprint density at radius 3 is 2.70 bits per heavy atom. The topological polar surface area (TPSA) is 101 Å². The minimum Gasteiger partial charge on any atom is -0.378 e. The first-order chi connectivity index (χ1) is 9.40. The number of hydrogen-bond acceptors (Lipinski definition) is 7. The molecule has 2 heterocycles. The van der Waals surface area contributed by atoms with Gasteiger partial charge in [0.1, 0.15) is 0 Å². The zero-order valence-electron chi connectivity index (χ0n) is 12.0. The average molecular weight is 280 g/mol. The van der Waals surface area contributed by atoms with Crippen LogP contribution in [-0.2, 0) is 0 Å². The molecule has 1 fully saturated rings. The van der Waals surface area contributed by atoms with Crippen molar-refractivity contribution in [2.45, 2.75) is 19.8 Å². The third-order valence-corrected chi connectivity index (χ3v) is 3.42. The van der Waals surface area contributed by atoms with E-state index in [0.29, 0.717) is 17.7 Å². The molecule has 1 atom stereocenters. The molecule has 110 valence electrons. The van der Waals surface area contributed by atoms with Crippen LogP contribution in [0.4, 0.5) is 23.3 Å². The van der Waals surface area contributed by atoms with Gasteiger partial charge in [0, 0.05) is 27.2 Å². The SMILES string of the molecule is CC1CCCN(c2nc(N(C)C)nc(N)c2[N+](=O)[O-])C1. The monoisotopic (exact) mass is 280 g/mol. The first kappa shape index (κ1) is 14.3. The molecule has 8 heteroatoms. The Kier molecular flexibility index (Phi) is 3.91. The molecule has 2 rings (SSSR count). The third kappa shape index (κ3) is 2.73. The highest BCUT2D eigenvalue weighted by Crippen LogP contribution is 2.34. The van der Waals surface area contributed by atoms with E-state index >= 15 is 0 Å². The summed E-state index contributed by atoms with van der Waals surface area (Å²) in [6.07, 6.45) is 2.13. The smallest absolute Gasteiger partial charge is 0.353 e. The molecule has 20 heavy (non-hydrogen) atoms. The molecule has 0 radical (unpaired) electrons. The van der Waals surface area contributed by atoms with E-state index in [4.69, 9.17) is 5.73 Å².